The maximum atomic E-state index is 13.0. The molecule has 31 heavy (non-hydrogen) atoms. The van der Waals surface area contributed by atoms with Crippen LogP contribution in [-0.2, 0) is 21.4 Å². The molecule has 0 radical (unpaired) electrons. The zero-order chi connectivity index (χ0) is 21.8. The van der Waals surface area contributed by atoms with E-state index in [1.807, 2.05) is 30.3 Å². The third-order valence-electron chi connectivity index (χ3n) is 5.66. The van der Waals surface area contributed by atoms with Gasteiger partial charge >= 0.3 is 0 Å². The number of carbonyl (C=O) groups excluding carboxylic acids is 1. The van der Waals surface area contributed by atoms with Crippen molar-refractivity contribution in [2.45, 2.75) is 49.3 Å². The molecule has 0 atom stereocenters. The van der Waals surface area contributed by atoms with Crippen LogP contribution in [0.3, 0.4) is 0 Å². The number of benzene rings is 2. The van der Waals surface area contributed by atoms with E-state index in [2.05, 4.69) is 4.72 Å². The van der Waals surface area contributed by atoms with Crippen molar-refractivity contribution < 1.29 is 22.7 Å². The van der Waals surface area contributed by atoms with E-state index < -0.39 is 10.0 Å². The lowest BCUT2D eigenvalue weighted by atomic mass is 10.1. The van der Waals surface area contributed by atoms with Gasteiger partial charge in [-0.2, -0.15) is 0 Å². The van der Waals surface area contributed by atoms with Crippen molar-refractivity contribution in [3.8, 4) is 5.75 Å². The average Bonchev–Trinajstić information content (AvgIpc) is 3.61. The molecule has 1 heterocycles. The van der Waals surface area contributed by atoms with E-state index in [9.17, 15) is 13.2 Å². The minimum absolute atomic E-state index is 0.00818. The molecule has 1 saturated heterocycles. The molecule has 1 N–H and O–H groups in total. The molecular formula is C23H28N2O5S. The van der Waals surface area contributed by atoms with Crippen molar-refractivity contribution in [3.63, 3.8) is 0 Å². The summed E-state index contributed by atoms with van der Waals surface area (Å²) in [4.78, 5) is 14.8. The number of likely N-dealkylation sites (tertiary alicyclic amines) is 1. The fourth-order valence-corrected chi connectivity index (χ4v) is 5.20. The summed E-state index contributed by atoms with van der Waals surface area (Å²) in [5.74, 6) is 0.0600. The van der Waals surface area contributed by atoms with E-state index in [0.717, 1.165) is 31.2 Å². The Morgan fingerprint density at radius 2 is 1.77 bits per heavy atom. The first kappa shape index (κ1) is 21.8. The van der Waals surface area contributed by atoms with Crippen LogP contribution in [0.5, 0.6) is 5.75 Å². The molecule has 1 amide bonds. The number of nitrogens with zero attached hydrogens (tertiary/aromatic N) is 1. The highest BCUT2D eigenvalue weighted by Gasteiger charge is 2.31. The van der Waals surface area contributed by atoms with Gasteiger partial charge in [-0.1, -0.05) is 30.3 Å². The quantitative estimate of drug-likeness (QED) is 0.677. The highest BCUT2D eigenvalue weighted by atomic mass is 32.2. The lowest BCUT2D eigenvalue weighted by molar-refractivity contribution is -0.000385. The number of ether oxygens (including phenoxy) is 2. The molecule has 1 aliphatic heterocycles. The molecule has 0 aromatic heterocycles. The largest absolute Gasteiger partial charge is 0.495 e. The Bertz CT molecular complexity index is 1010. The topological polar surface area (TPSA) is 84.9 Å². The molecule has 2 aromatic carbocycles. The smallest absolute Gasteiger partial charge is 0.253 e. The maximum Gasteiger partial charge on any atom is 0.253 e. The van der Waals surface area contributed by atoms with Crippen molar-refractivity contribution in [2.24, 2.45) is 0 Å². The van der Waals surface area contributed by atoms with E-state index in [4.69, 9.17) is 9.47 Å². The van der Waals surface area contributed by atoms with Crippen LogP contribution in [-0.4, -0.2) is 51.6 Å². The van der Waals surface area contributed by atoms with Crippen molar-refractivity contribution in [2.75, 3.05) is 20.2 Å². The molecule has 8 heteroatoms. The van der Waals surface area contributed by atoms with Gasteiger partial charge in [-0.3, -0.25) is 4.79 Å². The number of hydrogen-bond donors (Lipinski definition) is 1. The number of nitrogens with one attached hydrogen (secondary N) is 1. The lowest BCUT2D eigenvalue weighted by Crippen LogP contribution is -2.41. The molecule has 166 valence electrons. The summed E-state index contributed by atoms with van der Waals surface area (Å²) in [6.07, 6.45) is 3.29. The Morgan fingerprint density at radius 3 is 2.42 bits per heavy atom. The summed E-state index contributed by atoms with van der Waals surface area (Å²) in [6.45, 7) is 1.71. The second kappa shape index (κ2) is 9.38. The van der Waals surface area contributed by atoms with Crippen LogP contribution >= 0.6 is 0 Å². The van der Waals surface area contributed by atoms with Crippen molar-refractivity contribution >= 4 is 15.9 Å². The number of hydrogen-bond acceptors (Lipinski definition) is 5. The van der Waals surface area contributed by atoms with Gasteiger partial charge in [-0.05, 0) is 49.4 Å². The predicted molar refractivity (Wildman–Crippen MR) is 116 cm³/mol. The van der Waals surface area contributed by atoms with Crippen LogP contribution in [0.1, 0.15) is 41.6 Å². The number of methoxy groups -OCH3 is 1. The van der Waals surface area contributed by atoms with Crippen LogP contribution in [0.2, 0.25) is 0 Å². The van der Waals surface area contributed by atoms with Crippen molar-refractivity contribution in [1.29, 1.82) is 0 Å². The Hall–Kier alpha value is -2.42. The first-order valence-corrected chi connectivity index (χ1v) is 12.1. The number of rotatable bonds is 8. The SMILES string of the molecule is COc1ccc(C(=O)N2CCC(OCc3ccccc3)CC2)cc1S(=O)(=O)NC1CC1. The number of carbonyl (C=O) groups is 1. The summed E-state index contributed by atoms with van der Waals surface area (Å²) in [6, 6.07) is 14.6. The molecule has 0 bridgehead atoms. The fourth-order valence-electron chi connectivity index (χ4n) is 3.70. The second-order valence-electron chi connectivity index (χ2n) is 8.05. The number of amides is 1. The minimum atomic E-state index is -3.73. The third-order valence-corrected chi connectivity index (χ3v) is 7.20. The van der Waals surface area contributed by atoms with Gasteiger partial charge in [-0.15, -0.1) is 0 Å². The molecule has 4 rings (SSSR count). The molecule has 0 unspecified atom stereocenters. The molecule has 1 saturated carbocycles. The Kier molecular flexibility index (Phi) is 6.60. The molecule has 1 aliphatic carbocycles. The third kappa shape index (κ3) is 5.44. The first-order chi connectivity index (χ1) is 15.0. The summed E-state index contributed by atoms with van der Waals surface area (Å²) in [5, 5.41) is 0. The zero-order valence-corrected chi connectivity index (χ0v) is 18.4. The molecular weight excluding hydrogens is 416 g/mol. The zero-order valence-electron chi connectivity index (χ0n) is 17.6. The molecule has 0 spiro atoms. The highest BCUT2D eigenvalue weighted by molar-refractivity contribution is 7.89. The summed E-state index contributed by atoms with van der Waals surface area (Å²) in [7, 11) is -2.31. The Morgan fingerprint density at radius 1 is 1.06 bits per heavy atom. The van der Waals surface area contributed by atoms with E-state index in [1.165, 1.54) is 13.2 Å². The minimum Gasteiger partial charge on any atom is -0.495 e. The summed E-state index contributed by atoms with van der Waals surface area (Å²) < 4.78 is 39.3. The van der Waals surface area contributed by atoms with Gasteiger partial charge in [0.2, 0.25) is 10.0 Å². The lowest BCUT2D eigenvalue weighted by Gasteiger charge is -2.32. The van der Waals surface area contributed by atoms with Gasteiger partial charge in [-0.25, -0.2) is 13.1 Å². The average molecular weight is 445 g/mol. The Balaban J connectivity index is 1.39. The molecule has 2 aliphatic rings. The van der Waals surface area contributed by atoms with Gasteiger partial charge in [0.05, 0.1) is 19.8 Å². The number of sulfonamides is 1. The van der Waals surface area contributed by atoms with E-state index in [1.54, 1.807) is 17.0 Å². The molecule has 2 fully saturated rings. The van der Waals surface area contributed by atoms with Crippen molar-refractivity contribution in [3.05, 3.63) is 59.7 Å². The summed E-state index contributed by atoms with van der Waals surface area (Å²) >= 11 is 0. The standard InChI is InChI=1S/C23H28N2O5S/c1-29-21-10-7-18(15-22(21)31(27,28)24-19-8-9-19)23(26)25-13-11-20(12-14-25)30-16-17-5-3-2-4-6-17/h2-7,10,15,19-20,24H,8-9,11-14,16H2,1H3. The second-order valence-corrected chi connectivity index (χ2v) is 9.73. The van der Waals surface area contributed by atoms with Crippen LogP contribution in [0, 0.1) is 0 Å². The van der Waals surface area contributed by atoms with Crippen LogP contribution < -0.4 is 9.46 Å². The van der Waals surface area contributed by atoms with Crippen molar-refractivity contribution in [1.82, 2.24) is 9.62 Å². The number of piperidine rings is 1. The van der Waals surface area contributed by atoms with E-state index in [0.29, 0.717) is 25.3 Å². The van der Waals surface area contributed by atoms with Gasteiger partial charge in [0, 0.05) is 24.7 Å². The monoisotopic (exact) mass is 444 g/mol. The van der Waals surface area contributed by atoms with Gasteiger partial charge in [0.15, 0.2) is 0 Å². The summed E-state index contributed by atoms with van der Waals surface area (Å²) in [5.41, 5.74) is 1.48. The predicted octanol–water partition coefficient (Wildman–Crippen LogP) is 2.96. The van der Waals surface area contributed by atoms with Gasteiger partial charge in [0.1, 0.15) is 10.6 Å². The Labute approximate surface area is 183 Å². The van der Waals surface area contributed by atoms with Gasteiger partial charge in [0.25, 0.3) is 5.91 Å². The first-order valence-electron chi connectivity index (χ1n) is 10.6. The highest BCUT2D eigenvalue weighted by Crippen LogP contribution is 2.29. The van der Waals surface area contributed by atoms with Crippen LogP contribution in [0.15, 0.2) is 53.4 Å². The van der Waals surface area contributed by atoms with E-state index >= 15 is 0 Å². The fraction of sp³-hybridized carbons (Fsp3) is 0.435. The van der Waals surface area contributed by atoms with Gasteiger partial charge < -0.3 is 14.4 Å². The van der Waals surface area contributed by atoms with Crippen LogP contribution in [0.25, 0.3) is 0 Å². The normalized spacial score (nSPS) is 17.5. The molecule has 2 aromatic rings. The molecule has 7 nitrogen and oxygen atoms in total. The van der Waals surface area contributed by atoms with E-state index in [-0.39, 0.29) is 28.7 Å². The maximum absolute atomic E-state index is 13.0. The van der Waals surface area contributed by atoms with Crippen LogP contribution in [0.4, 0.5) is 0 Å².